The minimum absolute atomic E-state index is 0.0410. The van der Waals surface area contributed by atoms with Gasteiger partial charge in [0.25, 0.3) is 0 Å². The summed E-state index contributed by atoms with van der Waals surface area (Å²) in [6.07, 6.45) is -0.623. The van der Waals surface area contributed by atoms with Gasteiger partial charge in [-0.2, -0.15) is 0 Å². The summed E-state index contributed by atoms with van der Waals surface area (Å²) in [5, 5.41) is 12.1. The first-order chi connectivity index (χ1) is 9.54. The molecule has 0 radical (unpaired) electrons. The van der Waals surface area contributed by atoms with Gasteiger partial charge >= 0.3 is 12.1 Å². The molecule has 0 aliphatic heterocycles. The van der Waals surface area contributed by atoms with Gasteiger partial charge in [0.1, 0.15) is 11.0 Å². The van der Waals surface area contributed by atoms with Crippen LogP contribution < -0.4 is 5.32 Å². The van der Waals surface area contributed by atoms with Crippen LogP contribution in [0.4, 0.5) is 4.79 Å². The molecule has 0 bridgehead atoms. The summed E-state index contributed by atoms with van der Waals surface area (Å²) in [5.41, 5.74) is -0.209. The van der Waals surface area contributed by atoms with Crippen molar-refractivity contribution in [1.29, 1.82) is 0 Å². The van der Waals surface area contributed by atoms with Crippen LogP contribution in [0.15, 0.2) is 24.3 Å². The van der Waals surface area contributed by atoms with Crippen molar-refractivity contribution in [2.75, 3.05) is 6.54 Å². The molecule has 0 aromatic heterocycles. The second-order valence-electron chi connectivity index (χ2n) is 6.36. The van der Waals surface area contributed by atoms with Crippen LogP contribution >= 0.6 is 0 Å². The SMILES string of the molecule is Cc1cccc(C(C)(CNC(=O)OC(C)(C)C)C(=O)O)c1. The van der Waals surface area contributed by atoms with E-state index in [1.54, 1.807) is 39.8 Å². The van der Waals surface area contributed by atoms with E-state index >= 15 is 0 Å². The first kappa shape index (κ1) is 17.0. The number of carboxylic acids is 1. The topological polar surface area (TPSA) is 75.6 Å². The van der Waals surface area contributed by atoms with Crippen LogP contribution in [0.1, 0.15) is 38.8 Å². The van der Waals surface area contributed by atoms with Crippen LogP contribution in [-0.4, -0.2) is 29.3 Å². The van der Waals surface area contributed by atoms with Crippen molar-refractivity contribution in [3.05, 3.63) is 35.4 Å². The summed E-state index contributed by atoms with van der Waals surface area (Å²) in [6, 6.07) is 7.26. The molecule has 1 atom stereocenters. The Morgan fingerprint density at radius 2 is 1.86 bits per heavy atom. The van der Waals surface area contributed by atoms with Crippen molar-refractivity contribution in [2.24, 2.45) is 0 Å². The van der Waals surface area contributed by atoms with Gasteiger partial charge in [-0.3, -0.25) is 4.79 Å². The molecule has 1 aromatic carbocycles. The van der Waals surface area contributed by atoms with Crippen molar-refractivity contribution in [3.63, 3.8) is 0 Å². The molecule has 21 heavy (non-hydrogen) atoms. The monoisotopic (exact) mass is 293 g/mol. The summed E-state index contributed by atoms with van der Waals surface area (Å²) in [5.74, 6) is -0.996. The number of benzene rings is 1. The highest BCUT2D eigenvalue weighted by atomic mass is 16.6. The fraction of sp³-hybridized carbons (Fsp3) is 0.500. The Morgan fingerprint density at radius 1 is 1.24 bits per heavy atom. The first-order valence-corrected chi connectivity index (χ1v) is 6.82. The van der Waals surface area contributed by atoms with Crippen molar-refractivity contribution < 1.29 is 19.4 Å². The summed E-state index contributed by atoms with van der Waals surface area (Å²) >= 11 is 0. The van der Waals surface area contributed by atoms with Crippen molar-refractivity contribution in [3.8, 4) is 0 Å². The lowest BCUT2D eigenvalue weighted by Gasteiger charge is -2.27. The molecule has 0 aliphatic carbocycles. The lowest BCUT2D eigenvalue weighted by Crippen LogP contribution is -2.45. The van der Waals surface area contributed by atoms with E-state index in [0.29, 0.717) is 5.56 Å². The van der Waals surface area contributed by atoms with Gasteiger partial charge in [-0.15, -0.1) is 0 Å². The zero-order valence-electron chi connectivity index (χ0n) is 13.2. The number of carbonyl (C=O) groups is 2. The maximum absolute atomic E-state index is 11.7. The van der Waals surface area contributed by atoms with E-state index in [1.807, 2.05) is 19.1 Å². The fourth-order valence-electron chi connectivity index (χ4n) is 1.85. The molecule has 0 fully saturated rings. The highest BCUT2D eigenvalue weighted by Gasteiger charge is 2.36. The van der Waals surface area contributed by atoms with Gasteiger partial charge in [0.15, 0.2) is 0 Å². The van der Waals surface area contributed by atoms with Gasteiger partial charge in [0.2, 0.25) is 0 Å². The average Bonchev–Trinajstić information content (AvgIpc) is 2.33. The normalized spacial score (nSPS) is 14.1. The number of amides is 1. The van der Waals surface area contributed by atoms with Gasteiger partial charge in [-0.05, 0) is 40.2 Å². The number of ether oxygens (including phenoxy) is 1. The molecule has 116 valence electrons. The Labute approximate surface area is 125 Å². The molecule has 1 rings (SSSR count). The van der Waals surface area contributed by atoms with E-state index in [4.69, 9.17) is 4.74 Å². The Morgan fingerprint density at radius 3 is 2.33 bits per heavy atom. The maximum atomic E-state index is 11.7. The third-order valence-corrected chi connectivity index (χ3v) is 3.11. The van der Waals surface area contributed by atoms with Crippen molar-refractivity contribution in [1.82, 2.24) is 5.32 Å². The molecule has 0 spiro atoms. The predicted molar refractivity (Wildman–Crippen MR) is 80.4 cm³/mol. The molecule has 1 unspecified atom stereocenters. The third kappa shape index (κ3) is 4.77. The first-order valence-electron chi connectivity index (χ1n) is 6.82. The molecule has 5 heteroatoms. The number of hydrogen-bond acceptors (Lipinski definition) is 3. The number of carboxylic acid groups (broad SMARTS) is 1. The Kier molecular flexibility index (Phi) is 4.99. The second-order valence-corrected chi connectivity index (χ2v) is 6.36. The van der Waals surface area contributed by atoms with Gasteiger partial charge < -0.3 is 15.2 Å². The highest BCUT2D eigenvalue weighted by Crippen LogP contribution is 2.24. The molecule has 0 saturated carbocycles. The lowest BCUT2D eigenvalue weighted by molar-refractivity contribution is -0.143. The van der Waals surface area contributed by atoms with Crippen molar-refractivity contribution >= 4 is 12.1 Å². The van der Waals surface area contributed by atoms with E-state index in [1.165, 1.54) is 0 Å². The van der Waals surface area contributed by atoms with E-state index in [2.05, 4.69) is 5.32 Å². The summed E-state index contributed by atoms with van der Waals surface area (Å²) in [6.45, 7) is 8.70. The smallest absolute Gasteiger partial charge is 0.407 e. The maximum Gasteiger partial charge on any atom is 0.407 e. The number of aryl methyl sites for hydroxylation is 1. The molecular weight excluding hydrogens is 270 g/mol. The van der Waals surface area contributed by atoms with Gasteiger partial charge in [-0.25, -0.2) is 4.79 Å². The highest BCUT2D eigenvalue weighted by molar-refractivity contribution is 5.82. The fourth-order valence-corrected chi connectivity index (χ4v) is 1.85. The molecular formula is C16H23NO4. The molecule has 1 amide bonds. The van der Waals surface area contributed by atoms with E-state index < -0.39 is 23.1 Å². The minimum Gasteiger partial charge on any atom is -0.481 e. The van der Waals surface area contributed by atoms with Crippen LogP contribution in [0.3, 0.4) is 0 Å². The van der Waals surface area contributed by atoms with Gasteiger partial charge in [-0.1, -0.05) is 29.8 Å². The molecule has 0 heterocycles. The van der Waals surface area contributed by atoms with Crippen LogP contribution in [0.5, 0.6) is 0 Å². The quantitative estimate of drug-likeness (QED) is 0.895. The standard InChI is InChI=1S/C16H23NO4/c1-11-7-6-8-12(9-11)16(5,13(18)19)10-17-14(20)21-15(2,3)4/h6-9H,10H2,1-5H3,(H,17,20)(H,18,19). The van der Waals surface area contributed by atoms with E-state index in [-0.39, 0.29) is 6.54 Å². The van der Waals surface area contributed by atoms with Gasteiger partial charge in [0.05, 0.1) is 0 Å². The summed E-state index contributed by atoms with van der Waals surface area (Å²) in [7, 11) is 0. The number of nitrogens with one attached hydrogen (secondary N) is 1. The zero-order chi connectivity index (χ0) is 16.3. The van der Waals surface area contributed by atoms with Crippen LogP contribution in [0.2, 0.25) is 0 Å². The lowest BCUT2D eigenvalue weighted by atomic mass is 9.82. The molecule has 2 N–H and O–H groups in total. The summed E-state index contributed by atoms with van der Waals surface area (Å²) < 4.78 is 5.13. The number of alkyl carbamates (subject to hydrolysis) is 1. The largest absolute Gasteiger partial charge is 0.481 e. The van der Waals surface area contributed by atoms with E-state index in [9.17, 15) is 14.7 Å². The molecule has 0 aliphatic rings. The second kappa shape index (κ2) is 6.16. The van der Waals surface area contributed by atoms with Gasteiger partial charge in [0, 0.05) is 6.54 Å². The molecule has 5 nitrogen and oxygen atoms in total. The Balaban J connectivity index is 2.88. The van der Waals surface area contributed by atoms with Crippen LogP contribution in [0.25, 0.3) is 0 Å². The van der Waals surface area contributed by atoms with Crippen LogP contribution in [-0.2, 0) is 14.9 Å². The number of rotatable bonds is 4. The average molecular weight is 293 g/mol. The zero-order valence-corrected chi connectivity index (χ0v) is 13.2. The Bertz CT molecular complexity index is 533. The minimum atomic E-state index is -1.21. The number of aliphatic carboxylic acids is 1. The Hall–Kier alpha value is -2.04. The predicted octanol–water partition coefficient (Wildman–Crippen LogP) is 2.86. The van der Waals surface area contributed by atoms with Crippen molar-refractivity contribution in [2.45, 2.75) is 45.6 Å². The van der Waals surface area contributed by atoms with E-state index in [0.717, 1.165) is 5.56 Å². The molecule has 1 aromatic rings. The summed E-state index contributed by atoms with van der Waals surface area (Å²) in [4.78, 5) is 23.3. The number of carbonyl (C=O) groups excluding carboxylic acids is 1. The van der Waals surface area contributed by atoms with Crippen LogP contribution in [0, 0.1) is 6.92 Å². The molecule has 0 saturated heterocycles. The number of hydrogen-bond donors (Lipinski definition) is 2. The third-order valence-electron chi connectivity index (χ3n) is 3.11.